The van der Waals surface area contributed by atoms with Crippen molar-refractivity contribution in [3.63, 3.8) is 0 Å². The van der Waals surface area contributed by atoms with Gasteiger partial charge < -0.3 is 9.11 Å². The topological polar surface area (TPSA) is 80.3 Å². The van der Waals surface area contributed by atoms with Gasteiger partial charge in [-0.15, -0.1) is 0 Å². The van der Waals surface area contributed by atoms with E-state index in [4.69, 9.17) is 17.5 Å². The van der Waals surface area contributed by atoms with Crippen LogP contribution in [0.1, 0.15) is 0 Å². The number of benzene rings is 4. The van der Waals surface area contributed by atoms with Crippen molar-refractivity contribution in [1.82, 2.24) is 0 Å². The molecule has 0 aliphatic rings. The van der Waals surface area contributed by atoms with Gasteiger partial charge in [-0.3, -0.25) is 8.42 Å². The molecule has 4 aromatic carbocycles. The minimum absolute atomic E-state index is 0.0287. The first-order valence-corrected chi connectivity index (χ1v) is 15.4. The second-order valence-electron chi connectivity index (χ2n) is 6.03. The first-order valence-electron chi connectivity index (χ1n) is 9.72. The predicted molar refractivity (Wildman–Crippen MR) is 118 cm³/mol. The molecular formula is C25H21F3I2O4S. The molecular weight excluding hydrogens is 707 g/mol. The number of hydrogen-bond acceptors (Lipinski definition) is 4. The van der Waals surface area contributed by atoms with Crippen LogP contribution >= 0.6 is 0 Å². The van der Waals surface area contributed by atoms with E-state index in [1.54, 1.807) is 0 Å². The van der Waals surface area contributed by atoms with Crippen LogP contribution in [0.5, 0.6) is 0 Å². The number of hydrogen-bond donors (Lipinski definition) is 0. The second kappa shape index (κ2) is 18.3. The number of rotatable bonds is 4. The van der Waals surface area contributed by atoms with E-state index in [0.717, 1.165) is 0 Å². The Bertz CT molecular complexity index is 992. The molecule has 0 unspecified atom stereocenters. The lowest BCUT2D eigenvalue weighted by atomic mass is 10.4. The number of alkyl halides is 3. The highest BCUT2D eigenvalue weighted by molar-refractivity contribution is 7.79. The van der Waals surface area contributed by atoms with Crippen molar-refractivity contribution in [3.05, 3.63) is 136 Å². The smallest absolute Gasteiger partial charge is 0.379 e. The van der Waals surface area contributed by atoms with Gasteiger partial charge in [0, 0.05) is 10.4 Å². The average molecular weight is 728 g/mol. The van der Waals surface area contributed by atoms with Crippen LogP contribution in [0.3, 0.4) is 0 Å². The van der Waals surface area contributed by atoms with Crippen molar-refractivity contribution in [3.8, 4) is 0 Å². The standard InChI is InChI=1S/2C12H10I.CHF3.H2O4S/c2*1-3-7-11(8-4-1)13-12-9-5-2-6-10-12;2-1(3)4;1-5(2,3)4/h2*1-10H;1H;(H2,1,2,3,4)/q2*+1;;/p-2. The van der Waals surface area contributed by atoms with Gasteiger partial charge in [0.05, 0.1) is 0 Å². The Hall–Kier alpha value is -2.00. The Morgan fingerprint density at radius 2 is 0.629 bits per heavy atom. The van der Waals surface area contributed by atoms with E-state index in [-0.39, 0.29) is 42.4 Å². The Balaban J connectivity index is 0.000000263. The maximum atomic E-state index is 9.67. The molecule has 0 radical (unpaired) electrons. The SMILES string of the molecule is FC(F)F.O=S(=O)([O-])[O-].c1ccc([I+]c2ccccc2)cc1.c1ccc([I+]c2ccccc2)cc1. The van der Waals surface area contributed by atoms with Crippen molar-refractivity contribution in [2.24, 2.45) is 0 Å². The summed E-state index contributed by atoms with van der Waals surface area (Å²) in [5, 5.41) is 0. The molecule has 0 aliphatic carbocycles. The average Bonchev–Trinajstić information content (AvgIpc) is 2.81. The molecule has 0 heterocycles. The van der Waals surface area contributed by atoms with Gasteiger partial charge in [-0.05, 0) is 48.5 Å². The van der Waals surface area contributed by atoms with Gasteiger partial charge in [-0.1, -0.05) is 72.8 Å². The van der Waals surface area contributed by atoms with Crippen LogP contribution in [0.15, 0.2) is 121 Å². The van der Waals surface area contributed by atoms with E-state index in [0.29, 0.717) is 0 Å². The van der Waals surface area contributed by atoms with Crippen molar-refractivity contribution in [1.29, 1.82) is 0 Å². The van der Waals surface area contributed by atoms with Crippen LogP contribution < -0.4 is 42.4 Å². The van der Waals surface area contributed by atoms with Gasteiger partial charge >= 0.3 is 49.1 Å². The monoisotopic (exact) mass is 728 g/mol. The molecule has 10 heteroatoms. The molecule has 4 nitrogen and oxygen atoms in total. The van der Waals surface area contributed by atoms with E-state index in [1.807, 2.05) is 0 Å². The molecule has 186 valence electrons. The largest absolute Gasteiger partial charge is 0.759 e. The first-order chi connectivity index (χ1) is 16.6. The molecule has 4 rings (SSSR count). The summed E-state index contributed by atoms with van der Waals surface area (Å²) in [6, 6.07) is 42.8. The molecule has 0 fully saturated rings. The normalized spacial score (nSPS) is 10.0. The molecule has 0 N–H and O–H groups in total. The van der Waals surface area contributed by atoms with Crippen molar-refractivity contribution < 1.29 is 73.1 Å². The predicted octanol–water partition coefficient (Wildman–Crippen LogP) is -0.529. The lowest BCUT2D eigenvalue weighted by molar-refractivity contribution is -0.597. The fourth-order valence-corrected chi connectivity index (χ4v) is 6.70. The van der Waals surface area contributed by atoms with E-state index < -0.39 is 17.1 Å². The van der Waals surface area contributed by atoms with Crippen molar-refractivity contribution in [2.75, 3.05) is 0 Å². The zero-order valence-electron chi connectivity index (χ0n) is 18.1. The fourth-order valence-electron chi connectivity index (χ4n) is 2.16. The summed E-state index contributed by atoms with van der Waals surface area (Å²) >= 11 is 0.0574. The highest BCUT2D eigenvalue weighted by Crippen LogP contribution is 1.88. The fraction of sp³-hybridized carbons (Fsp3) is 0.0400. The third kappa shape index (κ3) is 19.9. The van der Waals surface area contributed by atoms with Crippen LogP contribution in [0.4, 0.5) is 13.2 Å². The third-order valence-electron chi connectivity index (χ3n) is 3.37. The summed E-state index contributed by atoms with van der Waals surface area (Å²) in [5.74, 6) is 0. The lowest BCUT2D eigenvalue weighted by Crippen LogP contribution is -3.61. The Kier molecular flexibility index (Phi) is 16.2. The molecule has 0 spiro atoms. The molecule has 0 aliphatic heterocycles. The van der Waals surface area contributed by atoms with E-state index in [1.165, 1.54) is 14.3 Å². The van der Waals surface area contributed by atoms with Crippen LogP contribution in [0.25, 0.3) is 0 Å². The van der Waals surface area contributed by atoms with E-state index >= 15 is 0 Å². The summed E-state index contributed by atoms with van der Waals surface area (Å²) in [5.41, 5.74) is 0. The second-order valence-corrected chi connectivity index (χ2v) is 12.9. The van der Waals surface area contributed by atoms with Gasteiger partial charge in [-0.2, -0.15) is 13.2 Å². The highest BCUT2D eigenvalue weighted by Gasteiger charge is 2.13. The van der Waals surface area contributed by atoms with E-state index in [2.05, 4.69) is 121 Å². The summed E-state index contributed by atoms with van der Waals surface area (Å²) in [6.45, 7) is -3.67. The lowest BCUT2D eigenvalue weighted by Gasteiger charge is -2.06. The van der Waals surface area contributed by atoms with Crippen LogP contribution in [-0.2, 0) is 10.4 Å². The molecule has 0 amide bonds. The van der Waals surface area contributed by atoms with Crippen LogP contribution in [0.2, 0.25) is 0 Å². The maximum absolute atomic E-state index is 9.67. The zero-order valence-corrected chi connectivity index (χ0v) is 23.2. The zero-order chi connectivity index (χ0) is 25.9. The summed E-state index contributed by atoms with van der Waals surface area (Å²) in [7, 11) is -5.17. The minimum atomic E-state index is -5.17. The Morgan fingerprint density at radius 3 is 0.771 bits per heavy atom. The quantitative estimate of drug-likeness (QED) is 0.161. The number of halogens is 5. The summed E-state index contributed by atoms with van der Waals surface area (Å²) in [6.07, 6.45) is 0. The third-order valence-corrected chi connectivity index (χ3v) is 8.74. The molecule has 0 atom stereocenters. The van der Waals surface area contributed by atoms with Gasteiger partial charge in [0.2, 0.25) is 0 Å². The van der Waals surface area contributed by atoms with E-state index in [9.17, 15) is 13.2 Å². The Morgan fingerprint density at radius 1 is 0.486 bits per heavy atom. The Labute approximate surface area is 224 Å². The van der Waals surface area contributed by atoms with Gasteiger partial charge in [0.15, 0.2) is 14.3 Å². The van der Waals surface area contributed by atoms with Crippen molar-refractivity contribution >= 4 is 10.4 Å². The molecule has 0 saturated carbocycles. The molecule has 4 aromatic rings. The summed E-state index contributed by atoms with van der Waals surface area (Å²) in [4.78, 5) is 0. The molecule has 0 bridgehead atoms. The van der Waals surface area contributed by atoms with Gasteiger partial charge in [0.25, 0.3) is 0 Å². The molecule has 0 aromatic heterocycles. The van der Waals surface area contributed by atoms with Crippen LogP contribution in [0, 0.1) is 14.3 Å². The maximum Gasteiger partial charge on any atom is 0.379 e. The minimum Gasteiger partial charge on any atom is -0.759 e. The summed E-state index contributed by atoms with van der Waals surface area (Å²) < 4.78 is 69.0. The van der Waals surface area contributed by atoms with Crippen molar-refractivity contribution in [2.45, 2.75) is 6.68 Å². The molecule has 35 heavy (non-hydrogen) atoms. The first kappa shape index (κ1) is 31.0. The van der Waals surface area contributed by atoms with Crippen LogP contribution in [-0.4, -0.2) is 24.2 Å². The van der Waals surface area contributed by atoms with Gasteiger partial charge in [0.1, 0.15) is 0 Å². The molecule has 0 saturated heterocycles. The van der Waals surface area contributed by atoms with Gasteiger partial charge in [-0.25, -0.2) is 0 Å². The highest BCUT2D eigenvalue weighted by atomic mass is 127.